The van der Waals surface area contributed by atoms with E-state index >= 15 is 0 Å². The summed E-state index contributed by atoms with van der Waals surface area (Å²) in [6.45, 7) is 4.00. The Labute approximate surface area is 179 Å². The molecule has 5 nitrogen and oxygen atoms in total. The number of aromatic nitrogens is 1. The minimum atomic E-state index is -0.155. The predicted molar refractivity (Wildman–Crippen MR) is 119 cm³/mol. The fourth-order valence-corrected chi connectivity index (χ4v) is 3.88. The van der Waals surface area contributed by atoms with Crippen LogP contribution < -0.4 is 10.6 Å². The van der Waals surface area contributed by atoms with Gasteiger partial charge < -0.3 is 10.6 Å². The van der Waals surface area contributed by atoms with E-state index in [2.05, 4.69) is 15.6 Å². The van der Waals surface area contributed by atoms with Crippen LogP contribution >= 0.6 is 22.9 Å². The third-order valence-electron chi connectivity index (χ3n) is 4.04. The maximum Gasteiger partial charge on any atom is 0.230 e. The van der Waals surface area contributed by atoms with Gasteiger partial charge in [-0.1, -0.05) is 43.6 Å². The van der Waals surface area contributed by atoms with Gasteiger partial charge in [-0.05, 0) is 36.2 Å². The van der Waals surface area contributed by atoms with E-state index < -0.39 is 0 Å². The molecule has 0 atom stereocenters. The highest BCUT2D eigenvalue weighted by Gasteiger charge is 2.11. The molecule has 2 N–H and O–H groups in total. The molecule has 3 rings (SSSR count). The summed E-state index contributed by atoms with van der Waals surface area (Å²) in [5.41, 5.74) is 2.93. The van der Waals surface area contributed by atoms with Crippen LogP contribution in [0.15, 0.2) is 53.9 Å². The molecule has 1 heterocycles. The van der Waals surface area contributed by atoms with Gasteiger partial charge in [-0.2, -0.15) is 0 Å². The molecule has 1 aromatic heterocycles. The van der Waals surface area contributed by atoms with Gasteiger partial charge in [0.15, 0.2) is 0 Å². The van der Waals surface area contributed by atoms with Crippen LogP contribution in [-0.4, -0.2) is 16.8 Å². The highest BCUT2D eigenvalue weighted by Crippen LogP contribution is 2.30. The number of rotatable bonds is 7. The van der Waals surface area contributed by atoms with E-state index in [1.165, 1.54) is 11.3 Å². The summed E-state index contributed by atoms with van der Waals surface area (Å²) in [5, 5.41) is 8.99. The van der Waals surface area contributed by atoms with E-state index in [-0.39, 0.29) is 18.2 Å². The number of amides is 2. The van der Waals surface area contributed by atoms with Crippen LogP contribution in [0.4, 0.5) is 11.4 Å². The lowest BCUT2D eigenvalue weighted by molar-refractivity contribution is -0.117. The van der Waals surface area contributed by atoms with Gasteiger partial charge in [-0.3, -0.25) is 9.59 Å². The van der Waals surface area contributed by atoms with Crippen molar-refractivity contribution in [3.63, 3.8) is 0 Å². The number of benzene rings is 2. The van der Waals surface area contributed by atoms with Crippen molar-refractivity contribution in [1.29, 1.82) is 0 Å². The van der Waals surface area contributed by atoms with E-state index in [0.717, 1.165) is 10.6 Å². The summed E-state index contributed by atoms with van der Waals surface area (Å²) in [6, 6.07) is 14.6. The number of carbonyl (C=O) groups excluding carboxylic acids is 2. The summed E-state index contributed by atoms with van der Waals surface area (Å²) >= 11 is 7.67. The van der Waals surface area contributed by atoms with Crippen molar-refractivity contribution in [3.8, 4) is 10.6 Å². The minimum Gasteiger partial charge on any atom is -0.326 e. The van der Waals surface area contributed by atoms with Crippen LogP contribution in [0.5, 0.6) is 0 Å². The lowest BCUT2D eigenvalue weighted by Crippen LogP contribution is -2.15. The summed E-state index contributed by atoms with van der Waals surface area (Å²) in [4.78, 5) is 28.7. The first-order valence-electron chi connectivity index (χ1n) is 9.30. The van der Waals surface area contributed by atoms with Gasteiger partial charge in [0.1, 0.15) is 5.01 Å². The predicted octanol–water partition coefficient (Wildman–Crippen LogP) is 5.63. The molecule has 0 fully saturated rings. The largest absolute Gasteiger partial charge is 0.326 e. The Morgan fingerprint density at radius 3 is 2.24 bits per heavy atom. The monoisotopic (exact) mass is 427 g/mol. The Kier molecular flexibility index (Phi) is 7.01. The molecule has 0 saturated carbocycles. The molecule has 2 amide bonds. The van der Waals surface area contributed by atoms with Crippen molar-refractivity contribution in [2.75, 3.05) is 10.6 Å². The van der Waals surface area contributed by atoms with E-state index in [1.54, 1.807) is 24.3 Å². The van der Waals surface area contributed by atoms with Gasteiger partial charge in [0, 0.05) is 28.7 Å². The third kappa shape index (κ3) is 6.14. The number of carbonyl (C=O) groups is 2. The number of nitrogens with zero attached hydrogens (tertiary/aromatic N) is 1. The molecule has 0 aliphatic carbocycles. The molecule has 0 aliphatic heterocycles. The molecule has 0 radical (unpaired) electrons. The molecule has 2 aromatic carbocycles. The molecule has 0 unspecified atom stereocenters. The van der Waals surface area contributed by atoms with Gasteiger partial charge >= 0.3 is 0 Å². The van der Waals surface area contributed by atoms with Gasteiger partial charge in [-0.25, -0.2) is 4.98 Å². The Morgan fingerprint density at radius 2 is 1.62 bits per heavy atom. The number of halogens is 1. The minimum absolute atomic E-state index is 0.0189. The molecule has 29 heavy (non-hydrogen) atoms. The topological polar surface area (TPSA) is 71.1 Å². The van der Waals surface area contributed by atoms with Crippen LogP contribution in [0.3, 0.4) is 0 Å². The van der Waals surface area contributed by atoms with Crippen molar-refractivity contribution >= 4 is 46.1 Å². The fourth-order valence-electron chi connectivity index (χ4n) is 2.74. The average molecular weight is 428 g/mol. The van der Waals surface area contributed by atoms with E-state index in [4.69, 9.17) is 11.6 Å². The van der Waals surface area contributed by atoms with Gasteiger partial charge in [-0.15, -0.1) is 11.3 Å². The Morgan fingerprint density at radius 1 is 1.00 bits per heavy atom. The zero-order valence-corrected chi connectivity index (χ0v) is 17.8. The molecular weight excluding hydrogens is 406 g/mol. The molecule has 3 aromatic rings. The number of hydrogen-bond acceptors (Lipinski definition) is 4. The summed E-state index contributed by atoms with van der Waals surface area (Å²) in [5.74, 6) is 0.130. The third-order valence-corrected chi connectivity index (χ3v) is 5.30. The lowest BCUT2D eigenvalue weighted by Gasteiger charge is -2.09. The highest BCUT2D eigenvalue weighted by molar-refractivity contribution is 7.13. The molecule has 0 aliphatic rings. The lowest BCUT2D eigenvalue weighted by atomic mass is 10.1. The first kappa shape index (κ1) is 21.0. The van der Waals surface area contributed by atoms with Crippen molar-refractivity contribution in [2.45, 2.75) is 26.7 Å². The zero-order chi connectivity index (χ0) is 20.8. The molecule has 150 valence electrons. The van der Waals surface area contributed by atoms with Gasteiger partial charge in [0.2, 0.25) is 11.8 Å². The summed E-state index contributed by atoms with van der Waals surface area (Å²) < 4.78 is 0. The standard InChI is InChI=1S/C22H22ClN3O2S/c1-14(2)11-20(27)24-15-7-9-16(10-8-15)25-21(28)12-17-13-29-22(26-17)18-5-3-4-6-19(18)23/h3-10,13-14H,11-12H2,1-2H3,(H,24,27)(H,25,28). The first-order valence-corrected chi connectivity index (χ1v) is 10.6. The first-order chi connectivity index (χ1) is 13.9. The van der Waals surface area contributed by atoms with Crippen LogP contribution in [0.25, 0.3) is 10.6 Å². The van der Waals surface area contributed by atoms with E-state index in [0.29, 0.717) is 34.4 Å². The number of nitrogens with one attached hydrogen (secondary N) is 2. The maximum atomic E-state index is 12.3. The summed E-state index contributed by atoms with van der Waals surface area (Å²) in [6.07, 6.45) is 0.649. The van der Waals surface area contributed by atoms with Crippen LogP contribution in [-0.2, 0) is 16.0 Å². The quantitative estimate of drug-likeness (QED) is 0.513. The van der Waals surface area contributed by atoms with E-state index in [1.807, 2.05) is 43.5 Å². The van der Waals surface area contributed by atoms with Crippen molar-refractivity contribution in [2.24, 2.45) is 5.92 Å². The Bertz CT molecular complexity index is 999. The van der Waals surface area contributed by atoms with Crippen molar-refractivity contribution in [3.05, 3.63) is 64.6 Å². The normalized spacial score (nSPS) is 10.8. The average Bonchev–Trinajstić information content (AvgIpc) is 3.11. The second-order valence-electron chi connectivity index (χ2n) is 7.07. The van der Waals surface area contributed by atoms with Crippen molar-refractivity contribution < 1.29 is 9.59 Å². The smallest absolute Gasteiger partial charge is 0.230 e. The fraction of sp³-hybridized carbons (Fsp3) is 0.227. The van der Waals surface area contributed by atoms with Gasteiger partial charge in [0.05, 0.1) is 17.1 Å². The molecule has 0 bridgehead atoms. The second-order valence-corrected chi connectivity index (χ2v) is 8.34. The Balaban J connectivity index is 1.56. The Hall–Kier alpha value is -2.70. The molecule has 0 saturated heterocycles. The SMILES string of the molecule is CC(C)CC(=O)Nc1ccc(NC(=O)Cc2csc(-c3ccccc3Cl)n2)cc1. The number of anilines is 2. The summed E-state index contributed by atoms with van der Waals surface area (Å²) in [7, 11) is 0. The highest BCUT2D eigenvalue weighted by atomic mass is 35.5. The molecule has 7 heteroatoms. The van der Waals surface area contributed by atoms with Gasteiger partial charge in [0.25, 0.3) is 0 Å². The zero-order valence-electron chi connectivity index (χ0n) is 16.2. The van der Waals surface area contributed by atoms with Crippen molar-refractivity contribution in [1.82, 2.24) is 4.98 Å². The number of hydrogen-bond donors (Lipinski definition) is 2. The maximum absolute atomic E-state index is 12.3. The molecule has 0 spiro atoms. The van der Waals surface area contributed by atoms with Crippen LogP contribution in [0.1, 0.15) is 26.0 Å². The second kappa shape index (κ2) is 9.67. The van der Waals surface area contributed by atoms with E-state index in [9.17, 15) is 9.59 Å². The van der Waals surface area contributed by atoms with Crippen LogP contribution in [0, 0.1) is 5.92 Å². The number of thiazole rings is 1. The molecular formula is C22H22ClN3O2S. The van der Waals surface area contributed by atoms with Crippen LogP contribution in [0.2, 0.25) is 5.02 Å².